The van der Waals surface area contributed by atoms with Crippen LogP contribution in [0.15, 0.2) is 0 Å². The van der Waals surface area contributed by atoms with E-state index in [1.807, 2.05) is 19.3 Å². The van der Waals surface area contributed by atoms with Gasteiger partial charge in [-0.3, -0.25) is 10.2 Å². The van der Waals surface area contributed by atoms with Gasteiger partial charge in [0.2, 0.25) is 5.91 Å². The number of hydrazine groups is 1. The lowest BCUT2D eigenvalue weighted by Gasteiger charge is -1.90. The maximum absolute atomic E-state index is 10.1. The number of nitrogens with two attached hydrogens (primary N) is 1. The smallest absolute Gasteiger partial charge is 0.234 e. The van der Waals surface area contributed by atoms with E-state index in [0.717, 1.165) is 0 Å². The zero-order chi connectivity index (χ0) is 7.70. The van der Waals surface area contributed by atoms with E-state index in [9.17, 15) is 4.79 Å². The highest BCUT2D eigenvalue weighted by Gasteiger charge is 1.90. The molecule has 0 aliphatic carbocycles. The molecule has 3 nitrogen and oxygen atoms in total. The molecule has 0 aromatic rings. The van der Waals surface area contributed by atoms with Gasteiger partial charge in [-0.15, -0.1) is 0 Å². The summed E-state index contributed by atoms with van der Waals surface area (Å²) in [7, 11) is 0. The largest absolute Gasteiger partial charge is 0.294 e. The standard InChI is InChI=1S/C3H8N2OS.C2H6/c4-5-3(6)1-2-7;1-2/h7H,1-2,4H2,(H,5,6);1-2H3. The van der Waals surface area contributed by atoms with Gasteiger partial charge in [-0.2, -0.15) is 12.6 Å². The number of carbonyl (C=O) groups excluding carboxylic acids is 1. The predicted octanol–water partition coefficient (Wildman–Crippen LogP) is 0.322. The van der Waals surface area contributed by atoms with Gasteiger partial charge < -0.3 is 0 Å². The van der Waals surface area contributed by atoms with Gasteiger partial charge in [0.1, 0.15) is 0 Å². The molecule has 0 bridgehead atoms. The van der Waals surface area contributed by atoms with Gasteiger partial charge in [-0.05, 0) is 5.75 Å². The molecule has 3 N–H and O–H groups in total. The number of nitrogens with one attached hydrogen (secondary N) is 1. The summed E-state index contributed by atoms with van der Waals surface area (Å²) in [6.07, 6.45) is 0.389. The molecule has 9 heavy (non-hydrogen) atoms. The van der Waals surface area contributed by atoms with Gasteiger partial charge in [-0.25, -0.2) is 5.84 Å². The molecule has 0 radical (unpaired) electrons. The molecular formula is C5H14N2OS. The van der Waals surface area contributed by atoms with E-state index in [2.05, 4.69) is 12.6 Å². The van der Waals surface area contributed by atoms with Crippen molar-refractivity contribution in [1.29, 1.82) is 0 Å². The Kier molecular flexibility index (Phi) is 13.8. The highest BCUT2D eigenvalue weighted by molar-refractivity contribution is 7.80. The first-order chi connectivity index (χ1) is 4.31. The van der Waals surface area contributed by atoms with E-state index < -0.39 is 0 Å². The van der Waals surface area contributed by atoms with Crippen LogP contribution in [0.2, 0.25) is 0 Å². The Bertz CT molecular complexity index is 68.0. The molecule has 0 aliphatic rings. The Morgan fingerprint density at radius 2 is 2.11 bits per heavy atom. The van der Waals surface area contributed by atoms with Crippen molar-refractivity contribution in [3.05, 3.63) is 0 Å². The van der Waals surface area contributed by atoms with Crippen molar-refractivity contribution in [2.75, 3.05) is 5.75 Å². The zero-order valence-electron chi connectivity index (χ0n) is 5.85. The molecule has 0 aliphatic heterocycles. The van der Waals surface area contributed by atoms with Crippen LogP contribution in [-0.4, -0.2) is 11.7 Å². The molecule has 0 unspecified atom stereocenters. The average molecular weight is 150 g/mol. The first-order valence-electron chi connectivity index (χ1n) is 2.91. The fourth-order valence-corrected chi connectivity index (χ4v) is 0.377. The molecule has 0 heterocycles. The lowest BCUT2D eigenvalue weighted by atomic mass is 10.5. The van der Waals surface area contributed by atoms with Gasteiger partial charge in [0, 0.05) is 6.42 Å². The molecule has 0 rings (SSSR count). The van der Waals surface area contributed by atoms with Gasteiger partial charge in [0.25, 0.3) is 0 Å². The Labute approximate surface area is 61.4 Å². The monoisotopic (exact) mass is 150 g/mol. The van der Waals surface area contributed by atoms with Crippen molar-refractivity contribution in [3.63, 3.8) is 0 Å². The second-order valence-corrected chi connectivity index (χ2v) is 1.49. The van der Waals surface area contributed by atoms with E-state index in [1.165, 1.54) is 0 Å². The molecule has 0 spiro atoms. The quantitative estimate of drug-likeness (QED) is 0.230. The third-order valence-corrected chi connectivity index (χ3v) is 0.723. The molecule has 0 aromatic heterocycles. The molecule has 56 valence electrons. The van der Waals surface area contributed by atoms with Crippen molar-refractivity contribution in [1.82, 2.24) is 5.43 Å². The van der Waals surface area contributed by atoms with E-state index in [1.54, 1.807) is 0 Å². The van der Waals surface area contributed by atoms with Crippen LogP contribution in [0.1, 0.15) is 20.3 Å². The summed E-state index contributed by atoms with van der Waals surface area (Å²) >= 11 is 3.80. The number of hydrogen-bond donors (Lipinski definition) is 3. The summed E-state index contributed by atoms with van der Waals surface area (Å²) in [6.45, 7) is 4.00. The lowest BCUT2D eigenvalue weighted by Crippen LogP contribution is -2.29. The molecule has 4 heteroatoms. The maximum Gasteiger partial charge on any atom is 0.234 e. The fourth-order valence-electron chi connectivity index (χ4n) is 0.174. The second kappa shape index (κ2) is 10.7. The molecule has 0 atom stereocenters. The van der Waals surface area contributed by atoms with Crippen LogP contribution in [0.25, 0.3) is 0 Å². The van der Waals surface area contributed by atoms with Crippen LogP contribution in [0.3, 0.4) is 0 Å². The van der Waals surface area contributed by atoms with Crippen molar-refractivity contribution in [3.8, 4) is 0 Å². The number of thiol groups is 1. The Balaban J connectivity index is 0. The first kappa shape index (κ1) is 11.6. The highest BCUT2D eigenvalue weighted by atomic mass is 32.1. The first-order valence-corrected chi connectivity index (χ1v) is 3.55. The van der Waals surface area contributed by atoms with Crippen molar-refractivity contribution >= 4 is 18.5 Å². The molecule has 0 fully saturated rings. The van der Waals surface area contributed by atoms with E-state index in [-0.39, 0.29) is 5.91 Å². The fraction of sp³-hybridized carbons (Fsp3) is 0.800. The molecule has 0 saturated heterocycles. The number of carbonyl (C=O) groups is 1. The van der Waals surface area contributed by atoms with Crippen LogP contribution in [-0.2, 0) is 4.79 Å². The highest BCUT2D eigenvalue weighted by Crippen LogP contribution is 1.79. The maximum atomic E-state index is 10.1. The van der Waals surface area contributed by atoms with Crippen LogP contribution in [0.5, 0.6) is 0 Å². The normalized spacial score (nSPS) is 7.11. The minimum absolute atomic E-state index is 0.171. The summed E-state index contributed by atoms with van der Waals surface area (Å²) in [4.78, 5) is 10.1. The average Bonchev–Trinajstić information content (AvgIpc) is 1.93. The van der Waals surface area contributed by atoms with Crippen molar-refractivity contribution in [2.24, 2.45) is 5.84 Å². The summed E-state index contributed by atoms with van der Waals surface area (Å²) in [5, 5.41) is 0. The summed E-state index contributed by atoms with van der Waals surface area (Å²) in [5.41, 5.74) is 1.98. The minimum atomic E-state index is -0.171. The van der Waals surface area contributed by atoms with Crippen LogP contribution in [0.4, 0.5) is 0 Å². The number of hydrogen-bond acceptors (Lipinski definition) is 3. The van der Waals surface area contributed by atoms with E-state index in [0.29, 0.717) is 12.2 Å². The third-order valence-electron chi connectivity index (χ3n) is 0.500. The topological polar surface area (TPSA) is 55.1 Å². The summed E-state index contributed by atoms with van der Waals surface area (Å²) < 4.78 is 0. The molecular weight excluding hydrogens is 136 g/mol. The minimum Gasteiger partial charge on any atom is -0.294 e. The van der Waals surface area contributed by atoms with Crippen LogP contribution < -0.4 is 11.3 Å². The van der Waals surface area contributed by atoms with E-state index in [4.69, 9.17) is 5.84 Å². The Hall–Kier alpha value is -0.220. The van der Waals surface area contributed by atoms with Gasteiger partial charge in [0.15, 0.2) is 0 Å². The lowest BCUT2D eigenvalue weighted by molar-refractivity contribution is -0.120. The Morgan fingerprint density at radius 1 is 1.67 bits per heavy atom. The van der Waals surface area contributed by atoms with Gasteiger partial charge >= 0.3 is 0 Å². The number of rotatable bonds is 2. The molecule has 0 saturated carbocycles. The summed E-state index contributed by atoms with van der Waals surface area (Å²) in [5.74, 6) is 5.10. The van der Waals surface area contributed by atoms with Crippen molar-refractivity contribution in [2.45, 2.75) is 20.3 Å². The van der Waals surface area contributed by atoms with Gasteiger partial charge in [0.05, 0.1) is 0 Å². The zero-order valence-corrected chi connectivity index (χ0v) is 6.74. The second-order valence-electron chi connectivity index (χ2n) is 1.04. The van der Waals surface area contributed by atoms with E-state index >= 15 is 0 Å². The summed E-state index contributed by atoms with van der Waals surface area (Å²) in [6, 6.07) is 0. The van der Waals surface area contributed by atoms with Gasteiger partial charge in [-0.1, -0.05) is 13.8 Å². The number of amides is 1. The van der Waals surface area contributed by atoms with Crippen molar-refractivity contribution < 1.29 is 4.79 Å². The van der Waals surface area contributed by atoms with Crippen LogP contribution >= 0.6 is 12.6 Å². The third kappa shape index (κ3) is 11.4. The Morgan fingerprint density at radius 3 is 2.22 bits per heavy atom. The molecule has 0 aromatic carbocycles. The predicted molar refractivity (Wildman–Crippen MR) is 42.1 cm³/mol. The SMILES string of the molecule is CC.NNC(=O)CCS. The van der Waals surface area contributed by atoms with Crippen LogP contribution in [0, 0.1) is 0 Å². The molecule has 1 amide bonds.